The number of nitrogen functional groups attached to an aromatic ring is 1. The van der Waals surface area contributed by atoms with Crippen LogP contribution < -0.4 is 11.3 Å². The number of ether oxygens (including phenoxy) is 2. The molecule has 5 atom stereocenters. The molecule has 1 aliphatic rings. The van der Waals surface area contributed by atoms with Gasteiger partial charge in [0.25, 0.3) is 5.56 Å². The third kappa shape index (κ3) is 13.6. The summed E-state index contributed by atoms with van der Waals surface area (Å²) in [6.45, 7) is 9.31. The van der Waals surface area contributed by atoms with Crippen LogP contribution in [0.25, 0.3) is 11.2 Å². The molecule has 1 saturated heterocycles. The van der Waals surface area contributed by atoms with Gasteiger partial charge in [0, 0.05) is 13.7 Å². The van der Waals surface area contributed by atoms with Crippen LogP contribution in [-0.2, 0) is 23.1 Å². The molecule has 0 aliphatic carbocycles. The minimum Gasteiger partial charge on any atom is -0.371 e. The molecule has 268 valence electrons. The second-order valence-corrected chi connectivity index (χ2v) is 15.3. The molecule has 5 unspecified atom stereocenters. The van der Waals surface area contributed by atoms with Gasteiger partial charge >= 0.3 is 6.80 Å². The molecular formula is C33H64N5O6PS. The second-order valence-electron chi connectivity index (χ2n) is 11.1. The van der Waals surface area contributed by atoms with E-state index in [1.165, 1.54) is 90.5 Å². The fourth-order valence-electron chi connectivity index (χ4n) is 5.52. The lowest BCUT2D eigenvalue weighted by molar-refractivity contribution is -0.0664. The van der Waals surface area contributed by atoms with E-state index in [-0.39, 0.29) is 11.5 Å². The average Bonchev–Trinajstić information content (AvgIpc) is 3.65. The maximum absolute atomic E-state index is 13.1. The summed E-state index contributed by atoms with van der Waals surface area (Å²) in [5, 5.41) is 0. The number of H-pyrrole nitrogens is 1. The van der Waals surface area contributed by atoms with Gasteiger partial charge in [-0.3, -0.25) is 18.9 Å². The van der Waals surface area contributed by atoms with Crippen molar-refractivity contribution in [1.29, 1.82) is 0 Å². The lowest BCUT2D eigenvalue weighted by Gasteiger charge is -2.27. The molecule has 3 rings (SSSR count). The molecule has 0 bridgehead atoms. The van der Waals surface area contributed by atoms with Crippen LogP contribution in [-0.4, -0.2) is 57.8 Å². The van der Waals surface area contributed by atoms with Crippen molar-refractivity contribution in [2.75, 3.05) is 25.7 Å². The van der Waals surface area contributed by atoms with Crippen molar-refractivity contribution in [2.45, 2.75) is 162 Å². The smallest absolute Gasteiger partial charge is 0.371 e. The summed E-state index contributed by atoms with van der Waals surface area (Å²) in [5.41, 5.74) is 5.84. The Kier molecular flexibility index (Phi) is 22.8. The van der Waals surface area contributed by atoms with Gasteiger partial charge in [0.05, 0.1) is 12.4 Å². The van der Waals surface area contributed by atoms with Crippen molar-refractivity contribution in [1.82, 2.24) is 19.5 Å². The number of imidazole rings is 1. The Morgan fingerprint density at radius 1 is 0.935 bits per heavy atom. The highest BCUT2D eigenvalue weighted by atomic mass is 32.7. The fourth-order valence-corrected chi connectivity index (χ4v) is 7.40. The minimum atomic E-state index is -3.42. The first-order valence-electron chi connectivity index (χ1n) is 17.8. The third-order valence-electron chi connectivity index (χ3n) is 7.92. The van der Waals surface area contributed by atoms with E-state index >= 15 is 0 Å². The normalized spacial score (nSPS) is 20.5. The van der Waals surface area contributed by atoms with Crippen molar-refractivity contribution in [2.24, 2.45) is 0 Å². The van der Waals surface area contributed by atoms with Gasteiger partial charge in [-0.05, 0) is 30.5 Å². The number of hydrogen-bond acceptors (Lipinski definition) is 10. The van der Waals surface area contributed by atoms with E-state index in [1.807, 2.05) is 34.6 Å². The molecule has 2 aromatic rings. The molecule has 0 aromatic carbocycles. The van der Waals surface area contributed by atoms with Crippen LogP contribution in [0.15, 0.2) is 11.1 Å². The van der Waals surface area contributed by atoms with Crippen LogP contribution in [0.1, 0.15) is 144 Å². The number of aromatic nitrogens is 4. The van der Waals surface area contributed by atoms with Crippen molar-refractivity contribution in [3.8, 4) is 0 Å². The van der Waals surface area contributed by atoms with E-state index in [2.05, 4.69) is 21.9 Å². The highest BCUT2D eigenvalue weighted by Crippen LogP contribution is 2.61. The standard InChI is InChI=1S/C29H52N5O6PS.2C2H6/c1-5-7-8-9-10-11-12-13-14-15-16-17-18-19-20-38-25-24(40-41(36,37-3)42-4)22(6-2)39-28(25)34-21-31-23-26(34)32-29(30)33-27(23)35;2*1-2/h21-22,24-25,28H,5-20H2,1-4H3,(H3,30,32,33,35);2*1-2H3. The third-order valence-corrected chi connectivity index (χ3v) is 11.4. The average molecular weight is 690 g/mol. The maximum atomic E-state index is 13.1. The van der Waals surface area contributed by atoms with Crippen molar-refractivity contribution >= 4 is 35.3 Å². The van der Waals surface area contributed by atoms with Gasteiger partial charge in [0.1, 0.15) is 12.2 Å². The second kappa shape index (κ2) is 24.7. The van der Waals surface area contributed by atoms with Crippen LogP contribution in [0.2, 0.25) is 0 Å². The lowest BCUT2D eigenvalue weighted by Crippen LogP contribution is -2.36. The zero-order chi connectivity index (χ0) is 34.4. The summed E-state index contributed by atoms with van der Waals surface area (Å²) < 4.78 is 38.9. The molecule has 46 heavy (non-hydrogen) atoms. The molecule has 1 aliphatic heterocycles. The summed E-state index contributed by atoms with van der Waals surface area (Å²) >= 11 is 1.03. The Hall–Kier alpha value is -1.43. The van der Waals surface area contributed by atoms with E-state index < -0.39 is 36.9 Å². The van der Waals surface area contributed by atoms with Gasteiger partial charge in [0.2, 0.25) is 5.95 Å². The van der Waals surface area contributed by atoms with E-state index in [1.54, 1.807) is 10.8 Å². The van der Waals surface area contributed by atoms with Crippen LogP contribution in [0.5, 0.6) is 0 Å². The van der Waals surface area contributed by atoms with E-state index in [0.717, 1.165) is 24.2 Å². The predicted octanol–water partition coefficient (Wildman–Crippen LogP) is 9.43. The van der Waals surface area contributed by atoms with E-state index in [9.17, 15) is 9.36 Å². The van der Waals surface area contributed by atoms with Gasteiger partial charge in [-0.1, -0.05) is 125 Å². The number of fused-ring (bicyclic) bond motifs is 1. The monoisotopic (exact) mass is 689 g/mol. The van der Waals surface area contributed by atoms with Crippen molar-refractivity contribution < 1.29 is 23.1 Å². The number of nitrogens with zero attached hydrogens (tertiary/aromatic N) is 3. The summed E-state index contributed by atoms with van der Waals surface area (Å²) in [5.74, 6) is -0.0155. The molecule has 13 heteroatoms. The van der Waals surface area contributed by atoms with Gasteiger partial charge < -0.3 is 19.7 Å². The Morgan fingerprint density at radius 3 is 1.98 bits per heavy atom. The van der Waals surface area contributed by atoms with Crippen molar-refractivity contribution in [3.63, 3.8) is 0 Å². The zero-order valence-corrected chi connectivity index (χ0v) is 31.6. The molecule has 2 aromatic heterocycles. The fraction of sp³-hybridized carbons (Fsp3) is 0.848. The van der Waals surface area contributed by atoms with Gasteiger partial charge in [-0.15, -0.1) is 0 Å². The van der Waals surface area contributed by atoms with Gasteiger partial charge in [-0.2, -0.15) is 4.98 Å². The SMILES string of the molecule is CC.CC.CCCCCCCCCCCCCCCCOC1C(OP(=O)(OC)SC)C(CC)OC1n1cnc2c(=O)[nH]c(N)nc21. The molecule has 11 nitrogen and oxygen atoms in total. The number of nitrogens with one attached hydrogen (secondary N) is 1. The molecule has 0 radical (unpaired) electrons. The molecular weight excluding hydrogens is 625 g/mol. The molecule has 0 amide bonds. The number of nitrogens with two attached hydrogens (primary N) is 1. The molecule has 1 fully saturated rings. The maximum Gasteiger partial charge on any atom is 0.389 e. The number of hydrogen-bond donors (Lipinski definition) is 2. The first kappa shape index (κ1) is 42.6. The predicted molar refractivity (Wildman–Crippen MR) is 193 cm³/mol. The van der Waals surface area contributed by atoms with Crippen LogP contribution in [0.3, 0.4) is 0 Å². The minimum absolute atomic E-state index is 0.0155. The Morgan fingerprint density at radius 2 is 1.48 bits per heavy atom. The topological polar surface area (TPSA) is 144 Å². The summed E-state index contributed by atoms with van der Waals surface area (Å²) in [6, 6.07) is 0. The Bertz CT molecular complexity index is 1160. The highest BCUT2D eigenvalue weighted by Gasteiger charge is 2.50. The summed E-state index contributed by atoms with van der Waals surface area (Å²) in [6.07, 6.45) is 19.3. The highest BCUT2D eigenvalue weighted by molar-refractivity contribution is 8.54. The van der Waals surface area contributed by atoms with E-state index in [4.69, 9.17) is 24.3 Å². The molecule has 3 heterocycles. The molecule has 3 N–H and O–H groups in total. The van der Waals surface area contributed by atoms with Crippen LogP contribution in [0.4, 0.5) is 5.95 Å². The first-order valence-corrected chi connectivity index (χ1v) is 21.1. The molecule has 0 spiro atoms. The summed E-state index contributed by atoms with van der Waals surface area (Å²) in [7, 11) is 1.37. The zero-order valence-electron chi connectivity index (χ0n) is 29.9. The summed E-state index contributed by atoms with van der Waals surface area (Å²) in [4.78, 5) is 23.4. The Labute approximate surface area is 282 Å². The van der Waals surface area contributed by atoms with Crippen molar-refractivity contribution in [3.05, 3.63) is 16.7 Å². The largest absolute Gasteiger partial charge is 0.389 e. The van der Waals surface area contributed by atoms with Gasteiger partial charge in [-0.25, -0.2) is 9.55 Å². The number of rotatable bonds is 22. The molecule has 0 saturated carbocycles. The Balaban J connectivity index is 0.00000254. The number of anilines is 1. The van der Waals surface area contributed by atoms with Gasteiger partial charge in [0.15, 0.2) is 17.4 Å². The van der Waals surface area contributed by atoms with Crippen LogP contribution in [0, 0.1) is 0 Å². The number of aromatic amines is 1. The lowest BCUT2D eigenvalue weighted by atomic mass is 10.0. The first-order chi connectivity index (χ1) is 22.4. The number of unbranched alkanes of at least 4 members (excludes halogenated alkanes) is 13. The van der Waals surface area contributed by atoms with Crippen LogP contribution >= 0.6 is 18.2 Å². The van der Waals surface area contributed by atoms with E-state index in [0.29, 0.717) is 18.7 Å². The quantitative estimate of drug-likeness (QED) is 0.0906.